The van der Waals surface area contributed by atoms with Crippen LogP contribution in [0.25, 0.3) is 0 Å². The predicted octanol–water partition coefficient (Wildman–Crippen LogP) is 2.95. The van der Waals surface area contributed by atoms with Crippen molar-refractivity contribution in [1.82, 2.24) is 4.57 Å². The van der Waals surface area contributed by atoms with Crippen molar-refractivity contribution in [3.8, 4) is 0 Å². The zero-order valence-electron chi connectivity index (χ0n) is 9.94. The molecule has 1 aromatic carbocycles. The lowest BCUT2D eigenvalue weighted by Gasteiger charge is -2.18. The van der Waals surface area contributed by atoms with Crippen LogP contribution in [0.2, 0.25) is 0 Å². The van der Waals surface area contributed by atoms with Gasteiger partial charge < -0.3 is 4.57 Å². The van der Waals surface area contributed by atoms with Crippen LogP contribution in [0.1, 0.15) is 11.1 Å². The number of rotatable bonds is 3. The minimum Gasteiger partial charge on any atom is -0.309 e. The number of halogens is 2. The van der Waals surface area contributed by atoms with Crippen molar-refractivity contribution in [2.45, 2.75) is 19.4 Å². The molecule has 1 aromatic heterocycles. The van der Waals surface area contributed by atoms with E-state index in [1.54, 1.807) is 37.3 Å². The molecule has 0 fully saturated rings. The number of hydrogen-bond donors (Lipinski definition) is 0. The molecule has 4 heteroatoms. The maximum absolute atomic E-state index is 14.0. The van der Waals surface area contributed by atoms with E-state index in [2.05, 4.69) is 0 Å². The third-order valence-electron chi connectivity index (χ3n) is 2.78. The molecule has 0 unspecified atom stereocenters. The van der Waals surface area contributed by atoms with Gasteiger partial charge in [-0.25, -0.2) is 0 Å². The molecule has 0 saturated heterocycles. The molecular formula is C14H13F2NO. The van der Waals surface area contributed by atoms with Gasteiger partial charge in [0.15, 0.2) is 0 Å². The van der Waals surface area contributed by atoms with Crippen LogP contribution < -0.4 is 5.56 Å². The van der Waals surface area contributed by atoms with Gasteiger partial charge >= 0.3 is 0 Å². The number of nitrogens with zero attached hydrogens (tertiary/aromatic N) is 1. The molecule has 1 heterocycles. The van der Waals surface area contributed by atoms with E-state index < -0.39 is 12.5 Å². The van der Waals surface area contributed by atoms with Gasteiger partial charge in [-0.15, -0.1) is 0 Å². The summed E-state index contributed by atoms with van der Waals surface area (Å²) in [7, 11) is 0. The number of benzene rings is 1. The van der Waals surface area contributed by atoms with Gasteiger partial charge in [0.05, 0.1) is 6.54 Å². The van der Waals surface area contributed by atoms with E-state index in [1.165, 1.54) is 18.3 Å². The fourth-order valence-electron chi connectivity index (χ4n) is 1.77. The van der Waals surface area contributed by atoms with Crippen molar-refractivity contribution in [1.29, 1.82) is 0 Å². The molecule has 18 heavy (non-hydrogen) atoms. The van der Waals surface area contributed by atoms with Crippen LogP contribution in [0, 0.1) is 6.92 Å². The van der Waals surface area contributed by atoms with E-state index in [1.807, 2.05) is 0 Å². The first-order valence-corrected chi connectivity index (χ1v) is 5.60. The summed E-state index contributed by atoms with van der Waals surface area (Å²) in [6.45, 7) is 0.969. The number of aromatic nitrogens is 1. The lowest BCUT2D eigenvalue weighted by molar-refractivity contribution is -0.0231. The summed E-state index contributed by atoms with van der Waals surface area (Å²) in [5.74, 6) is -3.06. The molecule has 0 atom stereocenters. The van der Waals surface area contributed by atoms with Gasteiger partial charge in [-0.05, 0) is 13.0 Å². The molecule has 0 aliphatic heterocycles. The Bertz CT molecular complexity index is 590. The summed E-state index contributed by atoms with van der Waals surface area (Å²) in [6, 6.07) is 10.7. The highest BCUT2D eigenvalue weighted by molar-refractivity contribution is 5.20. The molecule has 2 aromatic rings. The highest BCUT2D eigenvalue weighted by Crippen LogP contribution is 2.28. The Morgan fingerprint density at radius 2 is 1.78 bits per heavy atom. The average molecular weight is 249 g/mol. The van der Waals surface area contributed by atoms with E-state index in [0.29, 0.717) is 5.56 Å². The van der Waals surface area contributed by atoms with Crippen LogP contribution in [0.3, 0.4) is 0 Å². The Kier molecular flexibility index (Phi) is 3.28. The van der Waals surface area contributed by atoms with Gasteiger partial charge in [0, 0.05) is 17.3 Å². The van der Waals surface area contributed by atoms with E-state index in [0.717, 1.165) is 4.57 Å². The van der Waals surface area contributed by atoms with Gasteiger partial charge in [-0.1, -0.05) is 36.4 Å². The quantitative estimate of drug-likeness (QED) is 0.819. The summed E-state index contributed by atoms with van der Waals surface area (Å²) in [5, 5.41) is 0. The fourth-order valence-corrected chi connectivity index (χ4v) is 1.77. The van der Waals surface area contributed by atoms with Crippen LogP contribution in [0.4, 0.5) is 8.78 Å². The molecule has 0 bridgehead atoms. The smallest absolute Gasteiger partial charge is 0.290 e. The standard InChI is InChI=1S/C14H13F2NO/c1-11-6-5-9-17(13(11)18)10-14(15,16)12-7-3-2-4-8-12/h2-9H,10H2,1H3. The Balaban J connectivity index is 2.34. The molecule has 0 radical (unpaired) electrons. The van der Waals surface area contributed by atoms with E-state index in [-0.39, 0.29) is 11.1 Å². The molecule has 0 aliphatic carbocycles. The Morgan fingerprint density at radius 3 is 2.44 bits per heavy atom. The second kappa shape index (κ2) is 4.72. The molecule has 94 valence electrons. The van der Waals surface area contributed by atoms with E-state index >= 15 is 0 Å². The molecule has 0 amide bonds. The Morgan fingerprint density at radius 1 is 1.11 bits per heavy atom. The molecule has 0 saturated carbocycles. The minimum absolute atomic E-state index is 0.0848. The summed E-state index contributed by atoms with van der Waals surface area (Å²) in [6.07, 6.45) is 1.38. The van der Waals surface area contributed by atoms with Gasteiger partial charge in [0.25, 0.3) is 11.5 Å². The fraction of sp³-hybridized carbons (Fsp3) is 0.214. The Labute approximate surface area is 104 Å². The topological polar surface area (TPSA) is 22.0 Å². The van der Waals surface area contributed by atoms with Crippen molar-refractivity contribution >= 4 is 0 Å². The number of pyridine rings is 1. The van der Waals surface area contributed by atoms with Crippen molar-refractivity contribution in [2.75, 3.05) is 0 Å². The highest BCUT2D eigenvalue weighted by Gasteiger charge is 2.32. The van der Waals surface area contributed by atoms with Crippen LogP contribution in [0.15, 0.2) is 53.5 Å². The zero-order chi connectivity index (χ0) is 13.2. The third kappa shape index (κ3) is 2.47. The van der Waals surface area contributed by atoms with Gasteiger partial charge in [-0.2, -0.15) is 8.78 Å². The SMILES string of the molecule is Cc1cccn(CC(F)(F)c2ccccc2)c1=O. The molecule has 0 aliphatic rings. The van der Waals surface area contributed by atoms with Gasteiger partial charge in [-0.3, -0.25) is 4.79 Å². The highest BCUT2D eigenvalue weighted by atomic mass is 19.3. The summed E-state index contributed by atoms with van der Waals surface area (Å²) >= 11 is 0. The first-order chi connectivity index (χ1) is 8.50. The van der Waals surface area contributed by atoms with Crippen LogP contribution in [-0.4, -0.2) is 4.57 Å². The van der Waals surface area contributed by atoms with E-state index in [9.17, 15) is 13.6 Å². The van der Waals surface area contributed by atoms with Crippen molar-refractivity contribution in [2.24, 2.45) is 0 Å². The van der Waals surface area contributed by atoms with Crippen LogP contribution in [0.5, 0.6) is 0 Å². The maximum Gasteiger partial charge on any atom is 0.290 e. The summed E-state index contributed by atoms with van der Waals surface area (Å²) in [4.78, 5) is 11.7. The minimum atomic E-state index is -3.06. The van der Waals surface area contributed by atoms with Gasteiger partial charge in [0.2, 0.25) is 0 Å². The first kappa shape index (κ1) is 12.5. The number of alkyl halides is 2. The van der Waals surface area contributed by atoms with Crippen molar-refractivity contribution in [3.05, 3.63) is 70.1 Å². The normalized spacial score (nSPS) is 11.5. The first-order valence-electron chi connectivity index (χ1n) is 5.60. The van der Waals surface area contributed by atoms with Crippen LogP contribution in [-0.2, 0) is 12.5 Å². The van der Waals surface area contributed by atoms with E-state index in [4.69, 9.17) is 0 Å². The molecule has 0 spiro atoms. The van der Waals surface area contributed by atoms with Crippen molar-refractivity contribution < 1.29 is 8.78 Å². The lowest BCUT2D eigenvalue weighted by atomic mass is 10.1. The maximum atomic E-state index is 14.0. The molecule has 2 nitrogen and oxygen atoms in total. The monoisotopic (exact) mass is 249 g/mol. The second-order valence-electron chi connectivity index (χ2n) is 4.19. The van der Waals surface area contributed by atoms with Crippen molar-refractivity contribution in [3.63, 3.8) is 0 Å². The lowest BCUT2D eigenvalue weighted by Crippen LogP contribution is -2.30. The average Bonchev–Trinajstić information content (AvgIpc) is 2.36. The zero-order valence-corrected chi connectivity index (χ0v) is 9.94. The summed E-state index contributed by atoms with van der Waals surface area (Å²) < 4.78 is 29.0. The molecule has 0 N–H and O–H groups in total. The second-order valence-corrected chi connectivity index (χ2v) is 4.19. The predicted molar refractivity (Wildman–Crippen MR) is 65.8 cm³/mol. The molecule has 2 rings (SSSR count). The Hall–Kier alpha value is -1.97. The largest absolute Gasteiger partial charge is 0.309 e. The number of hydrogen-bond acceptors (Lipinski definition) is 1. The van der Waals surface area contributed by atoms with Gasteiger partial charge in [0.1, 0.15) is 0 Å². The third-order valence-corrected chi connectivity index (χ3v) is 2.78. The van der Waals surface area contributed by atoms with Crippen LogP contribution >= 0.6 is 0 Å². The number of aryl methyl sites for hydroxylation is 1. The molecular weight excluding hydrogens is 236 g/mol. The summed E-state index contributed by atoms with van der Waals surface area (Å²) in [5.41, 5.74) is -0.00660.